The van der Waals surface area contributed by atoms with Crippen LogP contribution in [0.15, 0.2) is 12.2 Å². The summed E-state index contributed by atoms with van der Waals surface area (Å²) in [6.45, 7) is 3.84. The van der Waals surface area contributed by atoms with E-state index in [-0.39, 0.29) is 18.0 Å². The molecule has 2 saturated heterocycles. The SMILES string of the molecule is CCOC(=O)C1[C@H]2C(=O)N(CCCOC)C[C@]23C=C[C@H]1O3. The number of methoxy groups -OCH3 is 1. The summed E-state index contributed by atoms with van der Waals surface area (Å²) in [5, 5.41) is 0. The predicted octanol–water partition coefficient (Wildman–Crippen LogP) is 0.368. The quantitative estimate of drug-likeness (QED) is 0.402. The highest BCUT2D eigenvalue weighted by molar-refractivity contribution is 5.91. The fourth-order valence-corrected chi connectivity index (χ4v) is 3.67. The molecule has 1 spiro atoms. The number of ether oxygens (including phenoxy) is 3. The minimum absolute atomic E-state index is 0.00370. The molecule has 3 heterocycles. The molecule has 116 valence electrons. The van der Waals surface area contributed by atoms with Gasteiger partial charge >= 0.3 is 5.97 Å². The maximum Gasteiger partial charge on any atom is 0.312 e. The number of hydrogen-bond acceptors (Lipinski definition) is 5. The molecule has 0 aliphatic carbocycles. The highest BCUT2D eigenvalue weighted by atomic mass is 16.6. The number of carbonyl (C=O) groups is 2. The van der Waals surface area contributed by atoms with E-state index in [1.54, 1.807) is 18.9 Å². The molecule has 3 rings (SSSR count). The van der Waals surface area contributed by atoms with Gasteiger partial charge in [0.05, 0.1) is 25.2 Å². The van der Waals surface area contributed by atoms with Crippen LogP contribution < -0.4 is 0 Å². The molecule has 3 aliphatic heterocycles. The van der Waals surface area contributed by atoms with Crippen LogP contribution in [0.5, 0.6) is 0 Å². The number of amides is 1. The van der Waals surface area contributed by atoms with Crippen LogP contribution >= 0.6 is 0 Å². The van der Waals surface area contributed by atoms with Crippen molar-refractivity contribution in [2.75, 3.05) is 33.4 Å². The Bertz CT molecular complexity index is 477. The number of hydrogen-bond donors (Lipinski definition) is 0. The van der Waals surface area contributed by atoms with E-state index in [1.165, 1.54) is 0 Å². The summed E-state index contributed by atoms with van der Waals surface area (Å²) in [6.07, 6.45) is 4.30. The Morgan fingerprint density at radius 3 is 3.10 bits per heavy atom. The normalized spacial score (nSPS) is 36.4. The Morgan fingerprint density at radius 2 is 2.38 bits per heavy atom. The third-order valence-corrected chi connectivity index (χ3v) is 4.51. The van der Waals surface area contributed by atoms with E-state index >= 15 is 0 Å². The lowest BCUT2D eigenvalue weighted by Gasteiger charge is -2.22. The average molecular weight is 295 g/mol. The Hall–Kier alpha value is -1.40. The topological polar surface area (TPSA) is 65.1 Å². The van der Waals surface area contributed by atoms with Crippen molar-refractivity contribution >= 4 is 11.9 Å². The van der Waals surface area contributed by atoms with E-state index in [1.807, 2.05) is 12.2 Å². The number of carbonyl (C=O) groups excluding carboxylic acids is 2. The summed E-state index contributed by atoms with van der Waals surface area (Å²) in [4.78, 5) is 26.6. The monoisotopic (exact) mass is 295 g/mol. The van der Waals surface area contributed by atoms with Crippen LogP contribution in [0.4, 0.5) is 0 Å². The first-order chi connectivity index (χ1) is 10.1. The minimum Gasteiger partial charge on any atom is -0.466 e. The first-order valence-corrected chi connectivity index (χ1v) is 7.44. The second-order valence-electron chi connectivity index (χ2n) is 5.76. The van der Waals surface area contributed by atoms with Gasteiger partial charge in [-0.1, -0.05) is 12.2 Å². The molecule has 4 atom stereocenters. The zero-order chi connectivity index (χ0) is 15.0. The molecule has 1 amide bonds. The van der Waals surface area contributed by atoms with Gasteiger partial charge < -0.3 is 19.1 Å². The molecule has 0 saturated carbocycles. The molecule has 2 bridgehead atoms. The zero-order valence-corrected chi connectivity index (χ0v) is 12.4. The molecule has 2 fully saturated rings. The minimum atomic E-state index is -0.633. The van der Waals surface area contributed by atoms with E-state index < -0.39 is 17.4 Å². The van der Waals surface area contributed by atoms with Gasteiger partial charge in [-0.2, -0.15) is 0 Å². The average Bonchev–Trinajstić information content (AvgIpc) is 3.08. The lowest BCUT2D eigenvalue weighted by Crippen LogP contribution is -2.40. The molecule has 6 nitrogen and oxygen atoms in total. The summed E-state index contributed by atoms with van der Waals surface area (Å²) in [5.41, 5.74) is -0.633. The van der Waals surface area contributed by atoms with Crippen molar-refractivity contribution in [2.24, 2.45) is 11.8 Å². The van der Waals surface area contributed by atoms with Gasteiger partial charge in [0.2, 0.25) is 5.91 Å². The van der Waals surface area contributed by atoms with Crippen molar-refractivity contribution in [1.29, 1.82) is 0 Å². The highest BCUT2D eigenvalue weighted by Crippen LogP contribution is 2.52. The molecule has 1 unspecified atom stereocenters. The van der Waals surface area contributed by atoms with Gasteiger partial charge in [0.15, 0.2) is 0 Å². The number of likely N-dealkylation sites (tertiary alicyclic amines) is 1. The molecule has 21 heavy (non-hydrogen) atoms. The molecule has 0 aromatic heterocycles. The van der Waals surface area contributed by atoms with Crippen LogP contribution in [-0.2, 0) is 23.8 Å². The Labute approximate surface area is 124 Å². The molecule has 6 heteroatoms. The fraction of sp³-hybridized carbons (Fsp3) is 0.733. The van der Waals surface area contributed by atoms with Crippen LogP contribution in [0, 0.1) is 11.8 Å². The first kappa shape index (κ1) is 14.5. The maximum absolute atomic E-state index is 12.6. The Kier molecular flexibility index (Phi) is 3.75. The van der Waals surface area contributed by atoms with Crippen molar-refractivity contribution in [3.05, 3.63) is 12.2 Å². The second-order valence-corrected chi connectivity index (χ2v) is 5.76. The van der Waals surface area contributed by atoms with Gasteiger partial charge in [-0.05, 0) is 13.3 Å². The summed E-state index contributed by atoms with van der Waals surface area (Å²) < 4.78 is 16.1. The van der Waals surface area contributed by atoms with Crippen LogP contribution in [-0.4, -0.2) is 61.9 Å². The van der Waals surface area contributed by atoms with E-state index in [0.717, 1.165) is 6.42 Å². The van der Waals surface area contributed by atoms with Gasteiger partial charge in [0, 0.05) is 20.3 Å². The zero-order valence-electron chi connectivity index (χ0n) is 12.4. The fourth-order valence-electron chi connectivity index (χ4n) is 3.67. The van der Waals surface area contributed by atoms with Crippen molar-refractivity contribution in [1.82, 2.24) is 4.90 Å². The van der Waals surface area contributed by atoms with Crippen LogP contribution in [0.2, 0.25) is 0 Å². The molecule has 0 radical (unpaired) electrons. The lowest BCUT2D eigenvalue weighted by atomic mass is 9.77. The molecule has 0 aromatic carbocycles. The van der Waals surface area contributed by atoms with Gasteiger partial charge in [0.25, 0.3) is 0 Å². The number of rotatable bonds is 6. The number of esters is 1. The van der Waals surface area contributed by atoms with E-state index in [2.05, 4.69) is 0 Å². The van der Waals surface area contributed by atoms with E-state index in [9.17, 15) is 9.59 Å². The maximum atomic E-state index is 12.6. The summed E-state index contributed by atoms with van der Waals surface area (Å²) in [7, 11) is 1.64. The van der Waals surface area contributed by atoms with Gasteiger partial charge in [0.1, 0.15) is 11.5 Å². The summed E-state index contributed by atoms with van der Waals surface area (Å²) >= 11 is 0. The van der Waals surface area contributed by atoms with E-state index in [4.69, 9.17) is 14.2 Å². The molecular formula is C15H21NO5. The second kappa shape index (κ2) is 5.42. The van der Waals surface area contributed by atoms with E-state index in [0.29, 0.717) is 26.3 Å². The van der Waals surface area contributed by atoms with Crippen molar-refractivity contribution in [3.8, 4) is 0 Å². The molecule has 0 aromatic rings. The smallest absolute Gasteiger partial charge is 0.312 e. The van der Waals surface area contributed by atoms with Gasteiger partial charge in [-0.15, -0.1) is 0 Å². The number of nitrogens with zero attached hydrogens (tertiary/aromatic N) is 1. The van der Waals surface area contributed by atoms with Crippen molar-refractivity contribution < 1.29 is 23.8 Å². The highest BCUT2D eigenvalue weighted by Gasteiger charge is 2.67. The van der Waals surface area contributed by atoms with Gasteiger partial charge in [-0.25, -0.2) is 0 Å². The molecule has 0 N–H and O–H groups in total. The third-order valence-electron chi connectivity index (χ3n) is 4.51. The van der Waals surface area contributed by atoms with Crippen LogP contribution in [0.3, 0.4) is 0 Å². The summed E-state index contributed by atoms with van der Waals surface area (Å²) in [6, 6.07) is 0. The Balaban J connectivity index is 1.77. The standard InChI is InChI=1S/C15H21NO5/c1-3-20-14(18)11-10-5-6-15(21-10)9-16(7-4-8-19-2)13(17)12(11)15/h5-6,10-12H,3-4,7-9H2,1-2H3/t10-,11?,12+,15-/m1/s1. The van der Waals surface area contributed by atoms with Gasteiger partial charge in [-0.3, -0.25) is 9.59 Å². The first-order valence-electron chi connectivity index (χ1n) is 7.44. The third kappa shape index (κ3) is 2.17. The predicted molar refractivity (Wildman–Crippen MR) is 73.4 cm³/mol. The van der Waals surface area contributed by atoms with Crippen molar-refractivity contribution in [3.63, 3.8) is 0 Å². The molecule has 3 aliphatic rings. The largest absolute Gasteiger partial charge is 0.466 e. The number of fused-ring (bicyclic) bond motifs is 1. The Morgan fingerprint density at radius 1 is 1.57 bits per heavy atom. The summed E-state index contributed by atoms with van der Waals surface area (Å²) in [5.74, 6) is -1.27. The lowest BCUT2D eigenvalue weighted by molar-refractivity contribution is -0.153. The van der Waals surface area contributed by atoms with Crippen LogP contribution in [0.25, 0.3) is 0 Å². The molecular weight excluding hydrogens is 274 g/mol. The van der Waals surface area contributed by atoms with Crippen molar-refractivity contribution in [2.45, 2.75) is 25.0 Å². The van der Waals surface area contributed by atoms with Crippen LogP contribution in [0.1, 0.15) is 13.3 Å².